The molecule has 0 bridgehead atoms. The molecule has 78 valence electrons. The van der Waals surface area contributed by atoms with Crippen LogP contribution in [0, 0.1) is 5.92 Å². The normalized spacial score (nSPS) is 26.9. The summed E-state index contributed by atoms with van der Waals surface area (Å²) in [4.78, 5) is 1.38. The summed E-state index contributed by atoms with van der Waals surface area (Å²) in [5.74, 6) is 0.661. The summed E-state index contributed by atoms with van der Waals surface area (Å²) in [5, 5.41) is 5.53. The van der Waals surface area contributed by atoms with E-state index >= 15 is 0 Å². The summed E-state index contributed by atoms with van der Waals surface area (Å²) in [7, 11) is 0. The van der Waals surface area contributed by atoms with Crippen LogP contribution in [0.15, 0.2) is 17.5 Å². The number of thiophene rings is 1. The van der Waals surface area contributed by atoms with E-state index in [9.17, 15) is 0 Å². The molecule has 0 amide bonds. The van der Waals surface area contributed by atoms with Crippen molar-refractivity contribution in [2.45, 2.75) is 19.4 Å². The van der Waals surface area contributed by atoms with Crippen molar-refractivity contribution >= 4 is 11.3 Å². The van der Waals surface area contributed by atoms with Gasteiger partial charge in [0.25, 0.3) is 0 Å². The van der Waals surface area contributed by atoms with Gasteiger partial charge in [0.1, 0.15) is 0 Å². The van der Waals surface area contributed by atoms with E-state index in [0.717, 1.165) is 19.7 Å². The van der Waals surface area contributed by atoms with E-state index in [0.29, 0.717) is 12.0 Å². The molecule has 3 heteroatoms. The van der Waals surface area contributed by atoms with Gasteiger partial charge in [0.05, 0.1) is 6.10 Å². The zero-order valence-corrected chi connectivity index (χ0v) is 9.35. The Morgan fingerprint density at radius 3 is 3.29 bits per heavy atom. The molecule has 2 atom stereocenters. The lowest BCUT2D eigenvalue weighted by molar-refractivity contribution is 0.0935. The molecule has 1 aliphatic rings. The van der Waals surface area contributed by atoms with Crippen LogP contribution >= 0.6 is 11.3 Å². The summed E-state index contributed by atoms with van der Waals surface area (Å²) in [6.45, 7) is 5.20. The van der Waals surface area contributed by atoms with Gasteiger partial charge in [-0.3, -0.25) is 0 Å². The minimum absolute atomic E-state index is 0.342. The quantitative estimate of drug-likeness (QED) is 0.826. The number of rotatable bonds is 4. The first-order valence-electron chi connectivity index (χ1n) is 5.27. The first-order valence-corrected chi connectivity index (χ1v) is 6.15. The molecule has 1 saturated heterocycles. The first-order chi connectivity index (χ1) is 6.92. The first kappa shape index (κ1) is 10.1. The van der Waals surface area contributed by atoms with Crippen molar-refractivity contribution in [2.75, 3.05) is 19.7 Å². The second-order valence-electron chi connectivity index (χ2n) is 3.66. The van der Waals surface area contributed by atoms with Gasteiger partial charge in [-0.15, -0.1) is 11.3 Å². The predicted octanol–water partition coefficient (Wildman–Crippen LogP) is 2.44. The highest BCUT2D eigenvalue weighted by atomic mass is 32.1. The molecule has 2 unspecified atom stereocenters. The van der Waals surface area contributed by atoms with Crippen molar-refractivity contribution in [3.63, 3.8) is 0 Å². The minimum atomic E-state index is 0.342. The van der Waals surface area contributed by atoms with E-state index in [1.165, 1.54) is 11.3 Å². The van der Waals surface area contributed by atoms with Gasteiger partial charge >= 0.3 is 0 Å². The van der Waals surface area contributed by atoms with Crippen molar-refractivity contribution in [1.82, 2.24) is 5.32 Å². The molecular formula is C11H17NOS. The molecule has 0 spiro atoms. The van der Waals surface area contributed by atoms with Gasteiger partial charge in [-0.25, -0.2) is 0 Å². The Bertz CT molecular complexity index is 260. The molecular weight excluding hydrogens is 194 g/mol. The van der Waals surface area contributed by atoms with Crippen LogP contribution in [-0.2, 0) is 4.74 Å². The van der Waals surface area contributed by atoms with Gasteiger partial charge in [0, 0.05) is 23.9 Å². The van der Waals surface area contributed by atoms with Gasteiger partial charge in [-0.05, 0) is 24.4 Å². The topological polar surface area (TPSA) is 21.3 Å². The Morgan fingerprint density at radius 1 is 1.64 bits per heavy atom. The Kier molecular flexibility index (Phi) is 3.56. The second kappa shape index (κ2) is 4.91. The van der Waals surface area contributed by atoms with E-state index in [-0.39, 0.29) is 0 Å². The van der Waals surface area contributed by atoms with E-state index in [1.807, 2.05) is 0 Å². The third-order valence-electron chi connectivity index (χ3n) is 2.69. The maximum atomic E-state index is 5.78. The van der Waals surface area contributed by atoms with Crippen LogP contribution in [0.2, 0.25) is 0 Å². The van der Waals surface area contributed by atoms with Crippen LogP contribution in [0.3, 0.4) is 0 Å². The van der Waals surface area contributed by atoms with Crippen molar-refractivity contribution in [3.05, 3.63) is 22.4 Å². The van der Waals surface area contributed by atoms with Crippen LogP contribution in [-0.4, -0.2) is 19.7 Å². The average molecular weight is 211 g/mol. The van der Waals surface area contributed by atoms with Crippen LogP contribution in [0.1, 0.15) is 24.3 Å². The zero-order valence-electron chi connectivity index (χ0n) is 8.53. The van der Waals surface area contributed by atoms with Crippen LogP contribution in [0.4, 0.5) is 0 Å². The second-order valence-corrected chi connectivity index (χ2v) is 4.64. The highest BCUT2D eigenvalue weighted by Gasteiger charge is 2.29. The molecule has 2 heterocycles. The molecule has 1 aromatic heterocycles. The lowest BCUT2D eigenvalue weighted by atomic mass is 10.0. The standard InChI is InChI=1S/C11H17NOS/c1-2-12-8-9-5-6-13-11(9)10-4-3-7-14-10/h3-4,7,9,11-12H,2,5-6,8H2,1H3. The average Bonchev–Trinajstić information content (AvgIpc) is 2.84. The Hall–Kier alpha value is -0.380. The lowest BCUT2D eigenvalue weighted by Crippen LogP contribution is -2.24. The van der Waals surface area contributed by atoms with E-state index < -0.39 is 0 Å². The lowest BCUT2D eigenvalue weighted by Gasteiger charge is -2.17. The number of hydrogen-bond acceptors (Lipinski definition) is 3. The van der Waals surface area contributed by atoms with E-state index in [4.69, 9.17) is 4.74 Å². The molecule has 2 nitrogen and oxygen atoms in total. The van der Waals surface area contributed by atoms with Crippen molar-refractivity contribution in [1.29, 1.82) is 0 Å². The molecule has 1 aliphatic heterocycles. The monoisotopic (exact) mass is 211 g/mol. The van der Waals surface area contributed by atoms with Gasteiger partial charge in [-0.2, -0.15) is 0 Å². The summed E-state index contributed by atoms with van der Waals surface area (Å²) in [6.07, 6.45) is 1.53. The highest BCUT2D eigenvalue weighted by Crippen LogP contribution is 2.36. The molecule has 1 N–H and O–H groups in total. The molecule has 0 aliphatic carbocycles. The van der Waals surface area contributed by atoms with Crippen molar-refractivity contribution in [2.24, 2.45) is 5.92 Å². The number of nitrogens with one attached hydrogen (secondary N) is 1. The van der Waals surface area contributed by atoms with Gasteiger partial charge < -0.3 is 10.1 Å². The molecule has 0 aromatic carbocycles. The van der Waals surface area contributed by atoms with E-state index in [2.05, 4.69) is 29.8 Å². The van der Waals surface area contributed by atoms with Crippen LogP contribution in [0.5, 0.6) is 0 Å². The molecule has 1 fully saturated rings. The summed E-state index contributed by atoms with van der Waals surface area (Å²) in [6, 6.07) is 4.28. The summed E-state index contributed by atoms with van der Waals surface area (Å²) >= 11 is 1.80. The maximum Gasteiger partial charge on any atom is 0.0957 e. The molecule has 1 aromatic rings. The Morgan fingerprint density at radius 2 is 2.57 bits per heavy atom. The third-order valence-corrected chi connectivity index (χ3v) is 3.63. The summed E-state index contributed by atoms with van der Waals surface area (Å²) in [5.41, 5.74) is 0. The largest absolute Gasteiger partial charge is 0.372 e. The third kappa shape index (κ3) is 2.16. The van der Waals surface area contributed by atoms with Crippen molar-refractivity contribution in [3.8, 4) is 0 Å². The van der Waals surface area contributed by atoms with E-state index in [1.54, 1.807) is 11.3 Å². The number of hydrogen-bond donors (Lipinski definition) is 1. The smallest absolute Gasteiger partial charge is 0.0957 e. The van der Waals surface area contributed by atoms with Crippen LogP contribution < -0.4 is 5.32 Å². The van der Waals surface area contributed by atoms with Gasteiger partial charge in [0.15, 0.2) is 0 Å². The zero-order chi connectivity index (χ0) is 9.80. The van der Waals surface area contributed by atoms with Gasteiger partial charge in [-0.1, -0.05) is 13.0 Å². The highest BCUT2D eigenvalue weighted by molar-refractivity contribution is 7.10. The fourth-order valence-corrected chi connectivity index (χ4v) is 2.81. The van der Waals surface area contributed by atoms with Gasteiger partial charge in [0.2, 0.25) is 0 Å². The van der Waals surface area contributed by atoms with Crippen LogP contribution in [0.25, 0.3) is 0 Å². The SMILES string of the molecule is CCNCC1CCOC1c1cccs1. The molecule has 2 rings (SSSR count). The molecule has 0 radical (unpaired) electrons. The summed E-state index contributed by atoms with van der Waals surface area (Å²) < 4.78 is 5.78. The Balaban J connectivity index is 1.97. The Labute approximate surface area is 89.3 Å². The minimum Gasteiger partial charge on any atom is -0.372 e. The molecule has 0 saturated carbocycles. The number of ether oxygens (including phenoxy) is 1. The predicted molar refractivity (Wildman–Crippen MR) is 59.7 cm³/mol. The molecule has 14 heavy (non-hydrogen) atoms. The maximum absolute atomic E-state index is 5.78. The van der Waals surface area contributed by atoms with Crippen molar-refractivity contribution < 1.29 is 4.74 Å². The fraction of sp³-hybridized carbons (Fsp3) is 0.636. The fourth-order valence-electron chi connectivity index (χ4n) is 1.94.